The van der Waals surface area contributed by atoms with Crippen molar-refractivity contribution in [1.29, 1.82) is 0 Å². The van der Waals surface area contributed by atoms with E-state index in [-0.39, 0.29) is 0 Å². The van der Waals surface area contributed by atoms with Crippen LogP contribution in [0.5, 0.6) is 0 Å². The molecule has 0 aliphatic heterocycles. The topological polar surface area (TPSA) is 34.1 Å². The second-order valence-electron chi connectivity index (χ2n) is 5.76. The van der Waals surface area contributed by atoms with Crippen LogP contribution in [0.4, 0.5) is 0 Å². The molecular weight excluding hydrogens is 248 g/mol. The molecule has 0 saturated heterocycles. The SMILES string of the molecule is CCCCCCOCc1cccc(CNCC(C)C)n1. The van der Waals surface area contributed by atoms with Crippen LogP contribution < -0.4 is 5.32 Å². The zero-order valence-electron chi connectivity index (χ0n) is 13.3. The monoisotopic (exact) mass is 278 g/mol. The van der Waals surface area contributed by atoms with Crippen LogP contribution in [0.15, 0.2) is 18.2 Å². The normalized spacial score (nSPS) is 11.2. The van der Waals surface area contributed by atoms with Gasteiger partial charge in [0.15, 0.2) is 0 Å². The molecule has 0 aromatic carbocycles. The minimum atomic E-state index is 0.629. The highest BCUT2D eigenvalue weighted by Crippen LogP contribution is 2.04. The van der Waals surface area contributed by atoms with Crippen molar-refractivity contribution in [3.05, 3.63) is 29.6 Å². The van der Waals surface area contributed by atoms with Gasteiger partial charge in [-0.3, -0.25) is 4.98 Å². The quantitative estimate of drug-likeness (QED) is 0.623. The number of ether oxygens (including phenoxy) is 1. The Morgan fingerprint density at radius 1 is 1.15 bits per heavy atom. The second kappa shape index (κ2) is 10.8. The molecule has 0 atom stereocenters. The molecular formula is C17H30N2O. The van der Waals surface area contributed by atoms with E-state index in [0.717, 1.165) is 37.5 Å². The Kier molecular flexibility index (Phi) is 9.25. The number of rotatable bonds is 11. The van der Waals surface area contributed by atoms with Gasteiger partial charge in [0.1, 0.15) is 0 Å². The molecule has 20 heavy (non-hydrogen) atoms. The van der Waals surface area contributed by atoms with Crippen molar-refractivity contribution in [2.75, 3.05) is 13.2 Å². The Morgan fingerprint density at radius 2 is 1.95 bits per heavy atom. The fourth-order valence-corrected chi connectivity index (χ4v) is 2.00. The van der Waals surface area contributed by atoms with Crippen LogP contribution in [0, 0.1) is 5.92 Å². The summed E-state index contributed by atoms with van der Waals surface area (Å²) >= 11 is 0. The van der Waals surface area contributed by atoms with E-state index >= 15 is 0 Å². The Bertz CT molecular complexity index is 353. The Balaban J connectivity index is 2.22. The fraction of sp³-hybridized carbons (Fsp3) is 0.706. The number of pyridine rings is 1. The molecule has 0 radical (unpaired) electrons. The van der Waals surface area contributed by atoms with Gasteiger partial charge in [-0.05, 0) is 31.0 Å². The Morgan fingerprint density at radius 3 is 2.70 bits per heavy atom. The summed E-state index contributed by atoms with van der Waals surface area (Å²) in [5.41, 5.74) is 2.13. The van der Waals surface area contributed by atoms with Crippen molar-refractivity contribution >= 4 is 0 Å². The number of nitrogens with zero attached hydrogens (tertiary/aromatic N) is 1. The minimum absolute atomic E-state index is 0.629. The largest absolute Gasteiger partial charge is 0.375 e. The molecule has 0 aliphatic rings. The predicted octanol–water partition coefficient (Wildman–Crippen LogP) is 3.92. The first-order chi connectivity index (χ1) is 9.72. The third kappa shape index (κ3) is 8.28. The summed E-state index contributed by atoms with van der Waals surface area (Å²) in [6.07, 6.45) is 5.00. The van der Waals surface area contributed by atoms with Gasteiger partial charge in [-0.1, -0.05) is 46.1 Å². The van der Waals surface area contributed by atoms with E-state index in [0.29, 0.717) is 12.5 Å². The number of hydrogen-bond acceptors (Lipinski definition) is 3. The molecule has 0 aliphatic carbocycles. The van der Waals surface area contributed by atoms with Crippen LogP contribution in [0.3, 0.4) is 0 Å². The third-order valence-electron chi connectivity index (χ3n) is 3.12. The van der Waals surface area contributed by atoms with Gasteiger partial charge in [-0.25, -0.2) is 0 Å². The van der Waals surface area contributed by atoms with Crippen LogP contribution in [-0.2, 0) is 17.9 Å². The predicted molar refractivity (Wildman–Crippen MR) is 84.6 cm³/mol. The molecule has 0 saturated carbocycles. The van der Waals surface area contributed by atoms with E-state index < -0.39 is 0 Å². The molecule has 1 N–H and O–H groups in total. The van der Waals surface area contributed by atoms with Gasteiger partial charge >= 0.3 is 0 Å². The van der Waals surface area contributed by atoms with Crippen molar-refractivity contribution in [3.8, 4) is 0 Å². The zero-order chi connectivity index (χ0) is 14.6. The Hall–Kier alpha value is -0.930. The molecule has 3 heteroatoms. The number of aromatic nitrogens is 1. The molecule has 1 heterocycles. The Labute approximate surface area is 124 Å². The fourth-order valence-electron chi connectivity index (χ4n) is 2.00. The molecule has 1 aromatic rings. The van der Waals surface area contributed by atoms with Crippen molar-refractivity contribution in [2.45, 2.75) is 59.6 Å². The average Bonchev–Trinajstić information content (AvgIpc) is 2.43. The number of hydrogen-bond donors (Lipinski definition) is 1. The van der Waals surface area contributed by atoms with E-state index in [9.17, 15) is 0 Å². The summed E-state index contributed by atoms with van der Waals surface area (Å²) in [5, 5.41) is 3.42. The number of nitrogens with one attached hydrogen (secondary N) is 1. The van der Waals surface area contributed by atoms with Crippen LogP contribution in [0.25, 0.3) is 0 Å². The summed E-state index contributed by atoms with van der Waals surface area (Å²) in [5.74, 6) is 0.671. The first kappa shape index (κ1) is 17.1. The summed E-state index contributed by atoms with van der Waals surface area (Å²) < 4.78 is 5.68. The molecule has 0 fully saturated rings. The van der Waals surface area contributed by atoms with Gasteiger partial charge in [0.05, 0.1) is 18.0 Å². The zero-order valence-corrected chi connectivity index (χ0v) is 13.3. The second-order valence-corrected chi connectivity index (χ2v) is 5.76. The molecule has 1 rings (SSSR count). The molecule has 3 nitrogen and oxygen atoms in total. The highest BCUT2D eigenvalue weighted by molar-refractivity contribution is 5.10. The summed E-state index contributed by atoms with van der Waals surface area (Å²) in [7, 11) is 0. The van der Waals surface area contributed by atoms with Crippen molar-refractivity contribution < 1.29 is 4.74 Å². The standard InChI is InChI=1S/C17H30N2O/c1-4-5-6-7-11-20-14-17-10-8-9-16(19-17)13-18-12-15(2)3/h8-10,15,18H,4-7,11-14H2,1-3H3. The van der Waals surface area contributed by atoms with Gasteiger partial charge in [0, 0.05) is 13.2 Å². The van der Waals surface area contributed by atoms with Crippen molar-refractivity contribution in [1.82, 2.24) is 10.3 Å². The maximum atomic E-state index is 5.68. The molecule has 0 bridgehead atoms. The lowest BCUT2D eigenvalue weighted by Crippen LogP contribution is -2.19. The summed E-state index contributed by atoms with van der Waals surface area (Å²) in [6.45, 7) is 9.99. The van der Waals surface area contributed by atoms with Crippen LogP contribution in [0.1, 0.15) is 57.8 Å². The molecule has 0 unspecified atom stereocenters. The average molecular weight is 278 g/mol. The van der Waals surface area contributed by atoms with Gasteiger partial charge < -0.3 is 10.1 Å². The van der Waals surface area contributed by atoms with Gasteiger partial charge in [-0.2, -0.15) is 0 Å². The van der Waals surface area contributed by atoms with Gasteiger partial charge in [0.2, 0.25) is 0 Å². The molecule has 0 amide bonds. The minimum Gasteiger partial charge on any atom is -0.375 e. The lowest BCUT2D eigenvalue weighted by Gasteiger charge is -2.08. The van der Waals surface area contributed by atoms with E-state index in [1.165, 1.54) is 19.3 Å². The smallest absolute Gasteiger partial charge is 0.0887 e. The number of unbranched alkanes of at least 4 members (excludes halogenated alkanes) is 3. The summed E-state index contributed by atoms with van der Waals surface area (Å²) in [4.78, 5) is 4.62. The maximum absolute atomic E-state index is 5.68. The van der Waals surface area contributed by atoms with E-state index in [1.807, 2.05) is 6.07 Å². The first-order valence-corrected chi connectivity index (χ1v) is 7.95. The molecule has 0 spiro atoms. The lowest BCUT2D eigenvalue weighted by atomic mass is 10.2. The van der Waals surface area contributed by atoms with Gasteiger partial charge in [0.25, 0.3) is 0 Å². The van der Waals surface area contributed by atoms with Crippen LogP contribution >= 0.6 is 0 Å². The summed E-state index contributed by atoms with van der Waals surface area (Å²) in [6, 6.07) is 6.17. The maximum Gasteiger partial charge on any atom is 0.0887 e. The highest BCUT2D eigenvalue weighted by Gasteiger charge is 1.99. The first-order valence-electron chi connectivity index (χ1n) is 7.95. The van der Waals surface area contributed by atoms with Crippen LogP contribution in [-0.4, -0.2) is 18.1 Å². The van der Waals surface area contributed by atoms with E-state index in [2.05, 4.69) is 43.2 Å². The highest BCUT2D eigenvalue weighted by atomic mass is 16.5. The van der Waals surface area contributed by atoms with E-state index in [4.69, 9.17) is 4.74 Å². The van der Waals surface area contributed by atoms with Gasteiger partial charge in [-0.15, -0.1) is 0 Å². The molecule has 1 aromatic heterocycles. The van der Waals surface area contributed by atoms with Crippen molar-refractivity contribution in [3.63, 3.8) is 0 Å². The third-order valence-corrected chi connectivity index (χ3v) is 3.12. The molecule has 114 valence electrons. The van der Waals surface area contributed by atoms with Crippen LogP contribution in [0.2, 0.25) is 0 Å². The van der Waals surface area contributed by atoms with Crippen molar-refractivity contribution in [2.24, 2.45) is 5.92 Å². The van der Waals surface area contributed by atoms with E-state index in [1.54, 1.807) is 0 Å². The lowest BCUT2D eigenvalue weighted by molar-refractivity contribution is 0.114.